The molecule has 0 aromatic carbocycles. The number of aldehydes is 1. The van der Waals surface area contributed by atoms with Crippen molar-refractivity contribution in [1.82, 2.24) is 0 Å². The van der Waals surface area contributed by atoms with Gasteiger partial charge in [0.25, 0.3) is 0 Å². The van der Waals surface area contributed by atoms with Crippen molar-refractivity contribution in [3.05, 3.63) is 0 Å². The molecule has 8 heavy (non-hydrogen) atoms. The van der Waals surface area contributed by atoms with Crippen LogP contribution in [0.15, 0.2) is 0 Å². The Hall–Kier alpha value is 0.410. The quantitative estimate of drug-likeness (QED) is 0.609. The second kappa shape index (κ2) is 3.44. The molecule has 0 fully saturated rings. The Kier molecular flexibility index (Phi) is 2.81. The summed E-state index contributed by atoms with van der Waals surface area (Å²) in [5.74, 6) is 0.772. The molecule has 1 heterocycles. The summed E-state index contributed by atoms with van der Waals surface area (Å²) < 4.78 is 3.89. The van der Waals surface area contributed by atoms with E-state index in [1.165, 1.54) is 10.6 Å². The molecule has 0 aromatic rings. The fourth-order valence-corrected chi connectivity index (χ4v) is 5.40. The van der Waals surface area contributed by atoms with Gasteiger partial charge in [0.1, 0.15) is 0 Å². The van der Waals surface area contributed by atoms with Crippen LogP contribution in [0, 0.1) is 5.92 Å². The Labute approximate surface area is 60.3 Å². The Morgan fingerprint density at radius 1 is 1.88 bits per heavy atom. The summed E-state index contributed by atoms with van der Waals surface area (Å²) in [7, 11) is 0. The van der Waals surface area contributed by atoms with Crippen molar-refractivity contribution in [2.24, 2.45) is 5.92 Å². The molecule has 0 spiro atoms. The number of hydrogen-bond donors (Lipinski definition) is 0. The molecule has 1 unspecified atom stereocenters. The van der Waals surface area contributed by atoms with E-state index in [0.717, 1.165) is 18.6 Å². The third-order valence-electron chi connectivity index (χ3n) is 1.54. The van der Waals surface area contributed by atoms with Crippen LogP contribution in [0.25, 0.3) is 0 Å². The molecule has 0 saturated heterocycles. The van der Waals surface area contributed by atoms with Crippen molar-refractivity contribution in [3.8, 4) is 0 Å². The van der Waals surface area contributed by atoms with Crippen molar-refractivity contribution < 1.29 is 4.79 Å². The minimum atomic E-state index is -0.187. The van der Waals surface area contributed by atoms with Gasteiger partial charge in [0.15, 0.2) is 0 Å². The first-order chi connectivity index (χ1) is 3.93. The van der Waals surface area contributed by atoms with Crippen LogP contribution in [0.1, 0.15) is 12.8 Å². The van der Waals surface area contributed by atoms with Gasteiger partial charge >= 0.3 is 60.2 Å². The molecule has 0 N–H and O–H groups in total. The van der Waals surface area contributed by atoms with Crippen LogP contribution in [-0.2, 0) is 4.79 Å². The first kappa shape index (κ1) is 6.53. The molecule has 1 atom stereocenters. The molecule has 0 aliphatic carbocycles. The molecule has 1 aliphatic rings. The second-order valence-electron chi connectivity index (χ2n) is 2.21. The summed E-state index contributed by atoms with van der Waals surface area (Å²) in [5, 5.41) is 0. The van der Waals surface area contributed by atoms with Gasteiger partial charge in [-0.15, -0.1) is 0 Å². The molecule has 0 amide bonds. The predicted molar refractivity (Wildman–Crippen MR) is 35.4 cm³/mol. The van der Waals surface area contributed by atoms with Gasteiger partial charge in [-0.05, 0) is 0 Å². The minimum absolute atomic E-state index is 0.187. The standard InChI is InChI=1S/C6H9O.In/c1-3-6(2)4-5-7;/h1,5-6H,2-4H2;. The third kappa shape index (κ3) is 1.73. The van der Waals surface area contributed by atoms with Crippen molar-refractivity contribution >= 4 is 32.5 Å². The summed E-state index contributed by atoms with van der Waals surface area (Å²) in [6, 6.07) is 0. The average molecular weight is 212 g/mol. The summed E-state index contributed by atoms with van der Waals surface area (Å²) in [6.45, 7) is 0. The number of rotatable bonds is 2. The summed E-state index contributed by atoms with van der Waals surface area (Å²) >= 11 is -0.187. The summed E-state index contributed by atoms with van der Waals surface area (Å²) in [6.07, 6.45) is 3.13. The van der Waals surface area contributed by atoms with Crippen LogP contribution in [0.4, 0.5) is 0 Å². The summed E-state index contributed by atoms with van der Waals surface area (Å²) in [4.78, 5) is 9.97. The van der Waals surface area contributed by atoms with Crippen molar-refractivity contribution in [2.75, 3.05) is 0 Å². The first-order valence-corrected chi connectivity index (χ1v) is 7.25. The molecule has 1 nitrogen and oxygen atoms in total. The average Bonchev–Trinajstić information content (AvgIpc) is 2.19. The van der Waals surface area contributed by atoms with E-state index in [1.54, 1.807) is 0 Å². The van der Waals surface area contributed by atoms with Crippen LogP contribution >= 0.6 is 0 Å². The van der Waals surface area contributed by atoms with E-state index in [0.29, 0.717) is 0 Å². The zero-order valence-electron chi connectivity index (χ0n) is 4.84. The van der Waals surface area contributed by atoms with Gasteiger partial charge in [0.05, 0.1) is 0 Å². The molecule has 0 bridgehead atoms. The van der Waals surface area contributed by atoms with Gasteiger partial charge in [-0.1, -0.05) is 0 Å². The fourth-order valence-electron chi connectivity index (χ4n) is 1.00. The van der Waals surface area contributed by atoms with E-state index in [1.807, 2.05) is 0 Å². The normalized spacial score (nSPS) is 25.2. The van der Waals surface area contributed by atoms with Gasteiger partial charge in [-0.3, -0.25) is 0 Å². The van der Waals surface area contributed by atoms with Crippen LogP contribution in [-0.4, -0.2) is 32.5 Å². The number of hydrogen-bond acceptors (Lipinski definition) is 1. The topological polar surface area (TPSA) is 17.1 Å². The number of carbonyl (C=O) groups is 1. The fraction of sp³-hybridized carbons (Fsp3) is 0.667. The van der Waals surface area contributed by atoms with Crippen LogP contribution in [0.2, 0.25) is 4.18 Å². The van der Waals surface area contributed by atoms with Crippen molar-refractivity contribution in [3.63, 3.8) is 0 Å². The van der Waals surface area contributed by atoms with E-state index in [4.69, 9.17) is 0 Å². The Morgan fingerprint density at radius 3 is 3.25 bits per heavy atom. The second-order valence-corrected chi connectivity index (χ2v) is 6.25. The predicted octanol–water partition coefficient (Wildman–Crippen LogP) is 0.520. The zero-order chi connectivity index (χ0) is 5.82. The molecular weight excluding hydrogens is 203 g/mol. The first-order valence-electron chi connectivity index (χ1n) is 3.02. The van der Waals surface area contributed by atoms with Crippen LogP contribution in [0.5, 0.6) is 0 Å². The maximum atomic E-state index is 9.97. The number of carbonyl (C=O) groups excluding carboxylic acids is 1. The zero-order valence-corrected chi connectivity index (χ0v) is 8.13. The van der Waals surface area contributed by atoms with E-state index >= 15 is 0 Å². The Balaban J connectivity index is 2.19. The van der Waals surface area contributed by atoms with Gasteiger partial charge in [-0.2, -0.15) is 0 Å². The molecule has 0 saturated carbocycles. The SMILES string of the molecule is O=CCC1C[CH]=[In][CH2]1. The van der Waals surface area contributed by atoms with E-state index < -0.39 is 0 Å². The molecule has 2 heteroatoms. The molecule has 0 aromatic heterocycles. The third-order valence-corrected chi connectivity index (χ3v) is 5.94. The van der Waals surface area contributed by atoms with Gasteiger partial charge in [0, 0.05) is 0 Å². The summed E-state index contributed by atoms with van der Waals surface area (Å²) in [5.41, 5.74) is 0. The van der Waals surface area contributed by atoms with Crippen LogP contribution < -0.4 is 0 Å². The molecule has 0 radical (unpaired) electrons. The van der Waals surface area contributed by atoms with E-state index in [2.05, 4.69) is 3.76 Å². The molecular formula is C6H9InO. The van der Waals surface area contributed by atoms with Crippen LogP contribution in [0.3, 0.4) is 0 Å². The molecule has 1 rings (SSSR count). The monoisotopic (exact) mass is 212 g/mol. The van der Waals surface area contributed by atoms with E-state index in [9.17, 15) is 4.79 Å². The molecule has 1 aliphatic heterocycles. The van der Waals surface area contributed by atoms with Crippen molar-refractivity contribution in [1.29, 1.82) is 0 Å². The van der Waals surface area contributed by atoms with Gasteiger partial charge in [-0.25, -0.2) is 0 Å². The van der Waals surface area contributed by atoms with Crippen molar-refractivity contribution in [2.45, 2.75) is 17.0 Å². The Morgan fingerprint density at radius 2 is 2.75 bits per heavy atom. The molecule has 42 valence electrons. The Bertz CT molecular complexity index is 101. The van der Waals surface area contributed by atoms with E-state index in [-0.39, 0.29) is 22.4 Å². The van der Waals surface area contributed by atoms with Gasteiger partial charge < -0.3 is 0 Å². The van der Waals surface area contributed by atoms with Gasteiger partial charge in [0.2, 0.25) is 0 Å². The maximum absolute atomic E-state index is 9.97.